The molecule has 138 valence electrons. The van der Waals surface area contributed by atoms with Crippen molar-refractivity contribution in [2.45, 2.75) is 71.9 Å². The van der Waals surface area contributed by atoms with Gasteiger partial charge in [0.25, 0.3) is 0 Å². The van der Waals surface area contributed by atoms with Crippen LogP contribution in [-0.2, 0) is 0 Å². The minimum atomic E-state index is 0.698. The van der Waals surface area contributed by atoms with E-state index in [0.29, 0.717) is 5.41 Å². The zero-order valence-corrected chi connectivity index (χ0v) is 16.6. The highest BCUT2D eigenvalue weighted by atomic mass is 15.3. The summed E-state index contributed by atoms with van der Waals surface area (Å²) < 4.78 is 0. The summed E-state index contributed by atoms with van der Waals surface area (Å²) in [5.41, 5.74) is 1.42. The molecule has 1 aliphatic carbocycles. The third kappa shape index (κ3) is 3.41. The minimum absolute atomic E-state index is 0.698. The Bertz CT molecular complexity index is 432. The van der Waals surface area contributed by atoms with Gasteiger partial charge >= 0.3 is 0 Å². The lowest BCUT2D eigenvalue weighted by Crippen LogP contribution is -2.74. The maximum absolute atomic E-state index is 2.82. The first-order valence-corrected chi connectivity index (χ1v) is 10.6. The van der Waals surface area contributed by atoms with Gasteiger partial charge in [0.1, 0.15) is 0 Å². The SMILES string of the molecule is CC(C)CC1(CN2CC3(C2)CN(C2CCN(C(C)C)CC2)C3)CC1. The largest absolute Gasteiger partial charge is 0.301 e. The average Bonchev–Trinajstić information content (AvgIpc) is 3.19. The Labute approximate surface area is 149 Å². The molecular weight excluding hydrogens is 294 g/mol. The Kier molecular flexibility index (Phi) is 4.50. The fourth-order valence-electron chi connectivity index (χ4n) is 6.00. The molecule has 1 saturated carbocycles. The second-order valence-electron chi connectivity index (χ2n) is 10.5. The van der Waals surface area contributed by atoms with E-state index in [1.54, 1.807) is 0 Å². The van der Waals surface area contributed by atoms with Gasteiger partial charge in [0.05, 0.1) is 0 Å². The highest BCUT2D eigenvalue weighted by Gasteiger charge is 2.55. The monoisotopic (exact) mass is 333 g/mol. The van der Waals surface area contributed by atoms with Gasteiger partial charge in [0.2, 0.25) is 0 Å². The molecule has 0 radical (unpaired) electrons. The molecular formula is C21H39N3. The van der Waals surface area contributed by atoms with Gasteiger partial charge in [-0.15, -0.1) is 0 Å². The molecule has 0 amide bonds. The van der Waals surface area contributed by atoms with Crippen molar-refractivity contribution in [1.82, 2.24) is 14.7 Å². The Morgan fingerprint density at radius 3 is 2.04 bits per heavy atom. The van der Waals surface area contributed by atoms with Gasteiger partial charge in [-0.25, -0.2) is 0 Å². The van der Waals surface area contributed by atoms with Crippen molar-refractivity contribution in [1.29, 1.82) is 0 Å². The molecule has 0 N–H and O–H groups in total. The predicted octanol–water partition coefficient (Wildman–Crippen LogP) is 3.30. The average molecular weight is 334 g/mol. The molecule has 3 heteroatoms. The van der Waals surface area contributed by atoms with Crippen molar-refractivity contribution < 1.29 is 0 Å². The van der Waals surface area contributed by atoms with E-state index < -0.39 is 0 Å². The smallest absolute Gasteiger partial charge is 0.0212 e. The molecule has 4 rings (SSSR count). The Balaban J connectivity index is 1.17. The first-order valence-electron chi connectivity index (χ1n) is 10.6. The molecule has 0 atom stereocenters. The molecule has 0 bridgehead atoms. The fraction of sp³-hybridized carbons (Fsp3) is 1.00. The summed E-state index contributed by atoms with van der Waals surface area (Å²) >= 11 is 0. The summed E-state index contributed by atoms with van der Waals surface area (Å²) in [6.45, 7) is 19.1. The number of rotatable bonds is 6. The van der Waals surface area contributed by atoms with Crippen LogP contribution in [0.15, 0.2) is 0 Å². The van der Waals surface area contributed by atoms with Crippen LogP contribution >= 0.6 is 0 Å². The highest BCUT2D eigenvalue weighted by Crippen LogP contribution is 2.53. The van der Waals surface area contributed by atoms with E-state index in [9.17, 15) is 0 Å². The lowest BCUT2D eigenvalue weighted by Gasteiger charge is -2.63. The van der Waals surface area contributed by atoms with E-state index in [4.69, 9.17) is 0 Å². The van der Waals surface area contributed by atoms with Gasteiger partial charge in [-0.3, -0.25) is 4.90 Å². The number of piperidine rings is 1. The Morgan fingerprint density at radius 2 is 1.54 bits per heavy atom. The van der Waals surface area contributed by atoms with Crippen LogP contribution in [0.25, 0.3) is 0 Å². The van der Waals surface area contributed by atoms with E-state index in [-0.39, 0.29) is 0 Å². The summed E-state index contributed by atoms with van der Waals surface area (Å²) in [6.07, 6.45) is 7.24. The van der Waals surface area contributed by atoms with Crippen LogP contribution in [0.3, 0.4) is 0 Å². The van der Waals surface area contributed by atoms with Gasteiger partial charge < -0.3 is 9.80 Å². The molecule has 24 heavy (non-hydrogen) atoms. The van der Waals surface area contributed by atoms with E-state index in [2.05, 4.69) is 42.4 Å². The normalized spacial score (nSPS) is 30.8. The van der Waals surface area contributed by atoms with E-state index >= 15 is 0 Å². The third-order valence-electron chi connectivity index (χ3n) is 7.30. The van der Waals surface area contributed by atoms with Crippen molar-refractivity contribution >= 4 is 0 Å². The van der Waals surface area contributed by atoms with Crippen LogP contribution in [0.4, 0.5) is 0 Å². The number of likely N-dealkylation sites (tertiary alicyclic amines) is 3. The Morgan fingerprint density at radius 1 is 0.917 bits per heavy atom. The van der Waals surface area contributed by atoms with Crippen molar-refractivity contribution in [3.05, 3.63) is 0 Å². The first-order chi connectivity index (χ1) is 11.4. The number of hydrogen-bond acceptors (Lipinski definition) is 3. The van der Waals surface area contributed by atoms with E-state index in [0.717, 1.165) is 23.4 Å². The summed E-state index contributed by atoms with van der Waals surface area (Å²) in [5.74, 6) is 0.874. The molecule has 0 unspecified atom stereocenters. The molecule has 0 aromatic rings. The van der Waals surface area contributed by atoms with Crippen molar-refractivity contribution in [2.24, 2.45) is 16.7 Å². The summed E-state index contributed by atoms with van der Waals surface area (Å²) in [5, 5.41) is 0. The predicted molar refractivity (Wildman–Crippen MR) is 101 cm³/mol. The van der Waals surface area contributed by atoms with Crippen LogP contribution in [0.1, 0.15) is 59.8 Å². The molecule has 0 aromatic heterocycles. The maximum Gasteiger partial charge on any atom is 0.0212 e. The molecule has 3 aliphatic heterocycles. The minimum Gasteiger partial charge on any atom is -0.301 e. The zero-order chi connectivity index (χ0) is 16.9. The maximum atomic E-state index is 2.82. The van der Waals surface area contributed by atoms with Gasteiger partial charge in [-0.05, 0) is 70.4 Å². The standard InChI is InChI=1S/C21H39N3/c1-17(2)11-20(7-8-20)12-22-13-21(14-22)15-24(16-21)19-5-9-23(10-6-19)18(3)4/h17-19H,5-16H2,1-4H3. The number of nitrogens with zero attached hydrogens (tertiary/aromatic N) is 3. The molecule has 3 saturated heterocycles. The summed E-state index contributed by atoms with van der Waals surface area (Å²) in [6, 6.07) is 1.62. The second kappa shape index (κ2) is 6.25. The highest BCUT2D eigenvalue weighted by molar-refractivity contribution is 5.09. The lowest BCUT2D eigenvalue weighted by atomic mass is 9.71. The molecule has 1 spiro atoms. The topological polar surface area (TPSA) is 9.72 Å². The third-order valence-corrected chi connectivity index (χ3v) is 7.30. The summed E-state index contributed by atoms with van der Waals surface area (Å²) in [7, 11) is 0. The van der Waals surface area contributed by atoms with Crippen LogP contribution in [0.5, 0.6) is 0 Å². The van der Waals surface area contributed by atoms with Crippen molar-refractivity contribution in [3.63, 3.8) is 0 Å². The van der Waals surface area contributed by atoms with Crippen LogP contribution in [0.2, 0.25) is 0 Å². The van der Waals surface area contributed by atoms with Gasteiger partial charge in [-0.1, -0.05) is 13.8 Å². The van der Waals surface area contributed by atoms with E-state index in [1.165, 1.54) is 77.9 Å². The number of hydrogen-bond donors (Lipinski definition) is 0. The molecule has 3 nitrogen and oxygen atoms in total. The van der Waals surface area contributed by atoms with E-state index in [1.807, 2.05) is 0 Å². The lowest BCUT2D eigenvalue weighted by molar-refractivity contribution is -0.141. The zero-order valence-electron chi connectivity index (χ0n) is 16.6. The fourth-order valence-corrected chi connectivity index (χ4v) is 6.00. The molecule has 4 aliphatic rings. The first kappa shape index (κ1) is 17.3. The van der Waals surface area contributed by atoms with Crippen molar-refractivity contribution in [2.75, 3.05) is 45.8 Å². The molecule has 0 aromatic carbocycles. The van der Waals surface area contributed by atoms with Crippen LogP contribution in [-0.4, -0.2) is 72.6 Å². The Hall–Kier alpha value is -0.120. The molecule has 3 heterocycles. The quantitative estimate of drug-likeness (QED) is 0.738. The van der Waals surface area contributed by atoms with Crippen LogP contribution < -0.4 is 0 Å². The van der Waals surface area contributed by atoms with Crippen molar-refractivity contribution in [3.8, 4) is 0 Å². The van der Waals surface area contributed by atoms with Gasteiger partial charge in [0.15, 0.2) is 0 Å². The summed E-state index contributed by atoms with van der Waals surface area (Å²) in [4.78, 5) is 8.26. The van der Waals surface area contributed by atoms with Crippen LogP contribution in [0, 0.1) is 16.7 Å². The van der Waals surface area contributed by atoms with Gasteiger partial charge in [0, 0.05) is 50.2 Å². The van der Waals surface area contributed by atoms with Gasteiger partial charge in [-0.2, -0.15) is 0 Å². The molecule has 4 fully saturated rings. The second-order valence-corrected chi connectivity index (χ2v) is 10.5.